The number of nitrogens with zero attached hydrogens (tertiary/aromatic N) is 6. The van der Waals surface area contributed by atoms with Crippen LogP contribution >= 0.6 is 12.4 Å². The van der Waals surface area contributed by atoms with Crippen molar-refractivity contribution in [1.29, 1.82) is 0 Å². The Morgan fingerprint density at radius 3 is 2.27 bits per heavy atom. The molecule has 0 spiro atoms. The zero-order valence-electron chi connectivity index (χ0n) is 17.7. The average Bonchev–Trinajstić information content (AvgIpc) is 3.02. The minimum Gasteiger partial charge on any atom is -0.352 e. The second-order valence-corrected chi connectivity index (χ2v) is 7.46. The standard InChI is InChI=1S/C22H27FN6.ClH/c1-4-29-17(3)20(16(2)26-29)15-27-11-13-28(14-12-27)22-21(24-9-10-25-22)18-5-7-19(23)8-6-18;/h5-10H,4,11-15H2,1-3H3;1H. The van der Waals surface area contributed by atoms with Crippen LogP contribution in [0, 0.1) is 19.7 Å². The number of hydrogen-bond acceptors (Lipinski definition) is 5. The van der Waals surface area contributed by atoms with Crippen molar-refractivity contribution >= 4 is 18.2 Å². The van der Waals surface area contributed by atoms with Crippen LogP contribution in [0.3, 0.4) is 0 Å². The molecule has 1 aliphatic heterocycles. The molecule has 0 aliphatic carbocycles. The second kappa shape index (κ2) is 9.53. The molecule has 0 bridgehead atoms. The van der Waals surface area contributed by atoms with E-state index >= 15 is 0 Å². The Kier molecular flexibility index (Phi) is 7.05. The van der Waals surface area contributed by atoms with E-state index in [1.165, 1.54) is 23.4 Å². The predicted octanol–water partition coefficient (Wildman–Crippen LogP) is 3.86. The lowest BCUT2D eigenvalue weighted by atomic mass is 10.1. The molecule has 0 amide bonds. The van der Waals surface area contributed by atoms with Gasteiger partial charge in [-0.15, -0.1) is 12.4 Å². The summed E-state index contributed by atoms with van der Waals surface area (Å²) in [4.78, 5) is 13.9. The molecule has 2 aromatic heterocycles. The van der Waals surface area contributed by atoms with Gasteiger partial charge in [-0.05, 0) is 45.0 Å². The number of aryl methyl sites for hydroxylation is 2. The summed E-state index contributed by atoms with van der Waals surface area (Å²) in [6, 6.07) is 6.45. The van der Waals surface area contributed by atoms with Crippen LogP contribution < -0.4 is 4.90 Å². The summed E-state index contributed by atoms with van der Waals surface area (Å²) in [5.74, 6) is 0.620. The summed E-state index contributed by atoms with van der Waals surface area (Å²) in [6.45, 7) is 11.9. The van der Waals surface area contributed by atoms with Gasteiger partial charge < -0.3 is 4.90 Å². The molecule has 3 aromatic rings. The Balaban J connectivity index is 0.00000256. The monoisotopic (exact) mass is 430 g/mol. The lowest BCUT2D eigenvalue weighted by molar-refractivity contribution is 0.248. The van der Waals surface area contributed by atoms with Gasteiger partial charge in [0.2, 0.25) is 0 Å². The average molecular weight is 431 g/mol. The van der Waals surface area contributed by atoms with E-state index in [2.05, 4.69) is 50.3 Å². The zero-order chi connectivity index (χ0) is 20.4. The van der Waals surface area contributed by atoms with Gasteiger partial charge in [0, 0.05) is 68.5 Å². The summed E-state index contributed by atoms with van der Waals surface area (Å²) in [5.41, 5.74) is 5.41. The molecule has 6 nitrogen and oxygen atoms in total. The highest BCUT2D eigenvalue weighted by atomic mass is 35.5. The Hall–Kier alpha value is -2.51. The van der Waals surface area contributed by atoms with E-state index < -0.39 is 0 Å². The highest BCUT2D eigenvalue weighted by Gasteiger charge is 2.23. The van der Waals surface area contributed by atoms with E-state index in [0.717, 1.165) is 62.0 Å². The summed E-state index contributed by atoms with van der Waals surface area (Å²) in [7, 11) is 0. The fraction of sp³-hybridized carbons (Fsp3) is 0.409. The van der Waals surface area contributed by atoms with Crippen molar-refractivity contribution in [3.05, 3.63) is 59.4 Å². The lowest BCUT2D eigenvalue weighted by Crippen LogP contribution is -2.46. The van der Waals surface area contributed by atoms with Gasteiger partial charge in [-0.2, -0.15) is 5.10 Å². The Bertz CT molecular complexity index is 980. The molecule has 0 N–H and O–H groups in total. The first-order valence-electron chi connectivity index (χ1n) is 10.1. The molecule has 1 aliphatic rings. The number of rotatable bonds is 5. The number of hydrogen-bond donors (Lipinski definition) is 0. The first-order valence-corrected chi connectivity index (χ1v) is 10.1. The molecule has 1 aromatic carbocycles. The molecule has 160 valence electrons. The molecule has 0 saturated carbocycles. The first kappa shape index (κ1) is 22.2. The van der Waals surface area contributed by atoms with Gasteiger partial charge in [0.25, 0.3) is 0 Å². The van der Waals surface area contributed by atoms with Crippen LogP contribution in [0.25, 0.3) is 11.3 Å². The van der Waals surface area contributed by atoms with Crippen LogP contribution in [0.5, 0.6) is 0 Å². The van der Waals surface area contributed by atoms with Crippen molar-refractivity contribution < 1.29 is 4.39 Å². The highest BCUT2D eigenvalue weighted by Crippen LogP contribution is 2.28. The Morgan fingerprint density at radius 2 is 1.63 bits per heavy atom. The van der Waals surface area contributed by atoms with Gasteiger partial charge >= 0.3 is 0 Å². The molecule has 1 fully saturated rings. The molecule has 8 heteroatoms. The molecule has 1 saturated heterocycles. The summed E-state index contributed by atoms with van der Waals surface area (Å²) < 4.78 is 15.4. The number of piperazine rings is 1. The van der Waals surface area contributed by atoms with Gasteiger partial charge in [0.05, 0.1) is 5.69 Å². The van der Waals surface area contributed by atoms with E-state index in [9.17, 15) is 4.39 Å². The first-order chi connectivity index (χ1) is 14.1. The third-order valence-corrected chi connectivity index (χ3v) is 5.68. The SMILES string of the molecule is CCn1nc(C)c(CN2CCN(c3nccnc3-c3ccc(F)cc3)CC2)c1C.Cl. The van der Waals surface area contributed by atoms with E-state index in [4.69, 9.17) is 0 Å². The van der Waals surface area contributed by atoms with Crippen LogP contribution in [0.4, 0.5) is 10.2 Å². The van der Waals surface area contributed by atoms with Crippen LogP contribution in [-0.2, 0) is 13.1 Å². The molecule has 0 radical (unpaired) electrons. The summed E-state index contributed by atoms with van der Waals surface area (Å²) >= 11 is 0. The predicted molar refractivity (Wildman–Crippen MR) is 120 cm³/mol. The van der Waals surface area contributed by atoms with Crippen LogP contribution in [0.2, 0.25) is 0 Å². The van der Waals surface area contributed by atoms with Gasteiger partial charge in [0.1, 0.15) is 11.5 Å². The number of halogens is 2. The molecule has 3 heterocycles. The van der Waals surface area contributed by atoms with Crippen molar-refractivity contribution in [3.63, 3.8) is 0 Å². The van der Waals surface area contributed by atoms with Gasteiger partial charge in [-0.25, -0.2) is 9.37 Å². The topological polar surface area (TPSA) is 50.1 Å². The van der Waals surface area contributed by atoms with Gasteiger partial charge in [0.15, 0.2) is 5.82 Å². The normalized spacial score (nSPS) is 14.6. The molecule has 4 rings (SSSR count). The van der Waals surface area contributed by atoms with E-state index in [1.807, 2.05) is 0 Å². The number of anilines is 1. The van der Waals surface area contributed by atoms with Crippen LogP contribution in [0.1, 0.15) is 23.9 Å². The quantitative estimate of drug-likeness (QED) is 0.615. The van der Waals surface area contributed by atoms with E-state index in [0.29, 0.717) is 0 Å². The maximum atomic E-state index is 13.3. The van der Waals surface area contributed by atoms with Crippen molar-refractivity contribution in [2.45, 2.75) is 33.9 Å². The van der Waals surface area contributed by atoms with Crippen molar-refractivity contribution in [2.24, 2.45) is 0 Å². The third-order valence-electron chi connectivity index (χ3n) is 5.68. The summed E-state index contributed by atoms with van der Waals surface area (Å²) in [5, 5.41) is 4.64. The van der Waals surface area contributed by atoms with Crippen molar-refractivity contribution in [1.82, 2.24) is 24.6 Å². The molecular formula is C22H28ClFN6. The van der Waals surface area contributed by atoms with Crippen LogP contribution in [0.15, 0.2) is 36.7 Å². The van der Waals surface area contributed by atoms with E-state index in [1.54, 1.807) is 24.5 Å². The molecule has 30 heavy (non-hydrogen) atoms. The minimum atomic E-state index is -0.246. The maximum absolute atomic E-state index is 13.3. The van der Waals surface area contributed by atoms with Crippen LogP contribution in [-0.4, -0.2) is 50.8 Å². The van der Waals surface area contributed by atoms with E-state index in [-0.39, 0.29) is 18.2 Å². The third kappa shape index (κ3) is 4.47. The summed E-state index contributed by atoms with van der Waals surface area (Å²) in [6.07, 6.45) is 3.41. The second-order valence-electron chi connectivity index (χ2n) is 7.46. The maximum Gasteiger partial charge on any atom is 0.155 e. The van der Waals surface area contributed by atoms with Crippen molar-refractivity contribution in [3.8, 4) is 11.3 Å². The fourth-order valence-corrected chi connectivity index (χ4v) is 3.99. The highest BCUT2D eigenvalue weighted by molar-refractivity contribution is 5.85. The van der Waals surface area contributed by atoms with Crippen molar-refractivity contribution in [2.75, 3.05) is 31.1 Å². The smallest absolute Gasteiger partial charge is 0.155 e. The Labute approximate surface area is 183 Å². The molecule has 0 unspecified atom stereocenters. The molecule has 0 atom stereocenters. The zero-order valence-corrected chi connectivity index (χ0v) is 18.5. The minimum absolute atomic E-state index is 0. The number of aromatic nitrogens is 4. The largest absolute Gasteiger partial charge is 0.352 e. The lowest BCUT2D eigenvalue weighted by Gasteiger charge is -2.36. The van der Waals surface area contributed by atoms with Gasteiger partial charge in [-0.3, -0.25) is 14.6 Å². The molecular weight excluding hydrogens is 403 g/mol. The number of benzene rings is 1. The Morgan fingerprint density at radius 1 is 0.967 bits per heavy atom. The fourth-order valence-electron chi connectivity index (χ4n) is 3.99. The van der Waals surface area contributed by atoms with Gasteiger partial charge in [-0.1, -0.05) is 0 Å².